The second kappa shape index (κ2) is 3.47. The third-order valence-electron chi connectivity index (χ3n) is 2.11. The number of rotatable bonds is 0. The van der Waals surface area contributed by atoms with Gasteiger partial charge in [0.2, 0.25) is 0 Å². The molecule has 2 saturated heterocycles. The first kappa shape index (κ1) is 10.2. The zero-order valence-electron chi connectivity index (χ0n) is 6.49. The highest BCUT2D eigenvalue weighted by molar-refractivity contribution is 7.87. The minimum atomic E-state index is -3.10. The smallest absolute Gasteiger partial charge is 0.279 e. The van der Waals surface area contributed by atoms with Crippen LogP contribution < -0.4 is 10.0 Å². The van der Waals surface area contributed by atoms with Gasteiger partial charge < -0.3 is 5.32 Å². The van der Waals surface area contributed by atoms with Crippen molar-refractivity contribution in [3.8, 4) is 0 Å². The van der Waals surface area contributed by atoms with Crippen molar-refractivity contribution >= 4 is 22.6 Å². The normalized spacial score (nSPS) is 33.8. The molecule has 0 aromatic heterocycles. The molecule has 7 heteroatoms. The molecule has 5 nitrogen and oxygen atoms in total. The van der Waals surface area contributed by atoms with Crippen LogP contribution in [0, 0.1) is 0 Å². The van der Waals surface area contributed by atoms with E-state index in [1.807, 2.05) is 0 Å². The summed E-state index contributed by atoms with van der Waals surface area (Å²) in [5.74, 6) is 0. The molecule has 0 radical (unpaired) electrons. The number of piperazine rings is 1. The highest BCUT2D eigenvalue weighted by Crippen LogP contribution is 2.13. The maximum absolute atomic E-state index is 11.2. The lowest BCUT2D eigenvalue weighted by atomic mass is 10.2. The van der Waals surface area contributed by atoms with Crippen molar-refractivity contribution in [1.82, 2.24) is 14.3 Å². The molecule has 72 valence electrons. The van der Waals surface area contributed by atoms with Gasteiger partial charge in [-0.1, -0.05) is 0 Å². The Hall–Kier alpha value is 0.120. The number of hydrogen-bond donors (Lipinski definition) is 2. The van der Waals surface area contributed by atoms with Gasteiger partial charge in [0.15, 0.2) is 0 Å². The van der Waals surface area contributed by atoms with Crippen molar-refractivity contribution in [2.75, 3.05) is 26.2 Å². The Bertz CT molecular complexity index is 255. The molecule has 1 unspecified atom stereocenters. The molecule has 1 atom stereocenters. The van der Waals surface area contributed by atoms with E-state index in [9.17, 15) is 8.42 Å². The fourth-order valence-electron chi connectivity index (χ4n) is 1.52. The van der Waals surface area contributed by atoms with E-state index in [1.54, 1.807) is 0 Å². The Morgan fingerprint density at radius 2 is 2.08 bits per heavy atom. The molecule has 2 aliphatic heterocycles. The standard InChI is InChI=1S/C5H11N3O2S.ClH/c9-11(10)7-4-5-3-6-1-2-8(5)11;/h5-7H,1-4H2;1H. The van der Waals surface area contributed by atoms with Crippen molar-refractivity contribution in [1.29, 1.82) is 0 Å². The second-order valence-electron chi connectivity index (χ2n) is 2.82. The Morgan fingerprint density at radius 3 is 2.75 bits per heavy atom. The summed E-state index contributed by atoms with van der Waals surface area (Å²) < 4.78 is 26.4. The van der Waals surface area contributed by atoms with Gasteiger partial charge in [-0.05, 0) is 0 Å². The maximum atomic E-state index is 11.2. The van der Waals surface area contributed by atoms with Crippen LogP contribution in [0.5, 0.6) is 0 Å². The fourth-order valence-corrected chi connectivity index (χ4v) is 2.96. The van der Waals surface area contributed by atoms with Gasteiger partial charge in [0.25, 0.3) is 10.2 Å². The zero-order chi connectivity index (χ0) is 7.90. The first-order valence-corrected chi connectivity index (χ1v) is 5.11. The van der Waals surface area contributed by atoms with Crippen molar-refractivity contribution in [3.05, 3.63) is 0 Å². The third kappa shape index (κ3) is 1.57. The summed E-state index contributed by atoms with van der Waals surface area (Å²) in [6.07, 6.45) is 0. The third-order valence-corrected chi connectivity index (χ3v) is 3.74. The molecule has 2 heterocycles. The number of nitrogens with one attached hydrogen (secondary N) is 2. The Morgan fingerprint density at radius 1 is 1.33 bits per heavy atom. The van der Waals surface area contributed by atoms with Crippen molar-refractivity contribution < 1.29 is 8.42 Å². The van der Waals surface area contributed by atoms with Crippen LogP contribution in [-0.2, 0) is 10.2 Å². The van der Waals surface area contributed by atoms with Crippen molar-refractivity contribution in [3.63, 3.8) is 0 Å². The van der Waals surface area contributed by atoms with E-state index in [-0.39, 0.29) is 18.4 Å². The van der Waals surface area contributed by atoms with Crippen LogP contribution in [0.15, 0.2) is 0 Å². The molecule has 0 aromatic carbocycles. The minimum absolute atomic E-state index is 0. The van der Waals surface area contributed by atoms with E-state index in [0.29, 0.717) is 13.1 Å². The summed E-state index contributed by atoms with van der Waals surface area (Å²) in [5.41, 5.74) is 0. The molecule has 0 amide bonds. The van der Waals surface area contributed by atoms with E-state index in [1.165, 1.54) is 4.31 Å². The molecule has 0 aromatic rings. The van der Waals surface area contributed by atoms with Gasteiger partial charge in [-0.25, -0.2) is 4.72 Å². The van der Waals surface area contributed by atoms with Crippen LogP contribution in [-0.4, -0.2) is 44.9 Å². The molecule has 0 saturated carbocycles. The van der Waals surface area contributed by atoms with Crippen LogP contribution in [0.1, 0.15) is 0 Å². The summed E-state index contributed by atoms with van der Waals surface area (Å²) in [7, 11) is -3.10. The SMILES string of the molecule is Cl.O=S1(=O)NCC2CNCCN21. The highest BCUT2D eigenvalue weighted by Gasteiger charge is 2.37. The van der Waals surface area contributed by atoms with E-state index in [4.69, 9.17) is 0 Å². The lowest BCUT2D eigenvalue weighted by molar-refractivity contribution is 0.297. The van der Waals surface area contributed by atoms with E-state index in [2.05, 4.69) is 10.0 Å². The molecular weight excluding hydrogens is 202 g/mol. The first-order chi connectivity index (χ1) is 5.20. The molecular formula is C5H12ClN3O2S. The fraction of sp³-hybridized carbons (Fsp3) is 1.00. The molecule has 2 fully saturated rings. The summed E-state index contributed by atoms with van der Waals surface area (Å²) in [5, 5.41) is 3.15. The van der Waals surface area contributed by atoms with Crippen molar-refractivity contribution in [2.24, 2.45) is 0 Å². The first-order valence-electron chi connectivity index (χ1n) is 3.67. The topological polar surface area (TPSA) is 61.4 Å². The quantitative estimate of drug-likeness (QED) is 0.517. The Kier molecular flexibility index (Phi) is 2.95. The van der Waals surface area contributed by atoms with E-state index in [0.717, 1.165) is 13.1 Å². The minimum Gasteiger partial charge on any atom is -0.314 e. The van der Waals surface area contributed by atoms with Gasteiger partial charge >= 0.3 is 0 Å². The number of fused-ring (bicyclic) bond motifs is 1. The van der Waals surface area contributed by atoms with Crippen LogP contribution in [0.4, 0.5) is 0 Å². The van der Waals surface area contributed by atoms with Gasteiger partial charge in [-0.3, -0.25) is 0 Å². The van der Waals surface area contributed by atoms with Crippen LogP contribution in [0.3, 0.4) is 0 Å². The lowest BCUT2D eigenvalue weighted by Crippen LogP contribution is -2.50. The Balaban J connectivity index is 0.000000720. The van der Waals surface area contributed by atoms with E-state index >= 15 is 0 Å². The lowest BCUT2D eigenvalue weighted by Gasteiger charge is -2.26. The predicted molar refractivity (Wildman–Crippen MR) is 47.5 cm³/mol. The largest absolute Gasteiger partial charge is 0.314 e. The summed E-state index contributed by atoms with van der Waals surface area (Å²) >= 11 is 0. The van der Waals surface area contributed by atoms with Gasteiger partial charge in [0.1, 0.15) is 0 Å². The zero-order valence-corrected chi connectivity index (χ0v) is 8.12. The molecule has 2 rings (SSSR count). The second-order valence-corrected chi connectivity index (χ2v) is 4.53. The van der Waals surface area contributed by atoms with Gasteiger partial charge in [0, 0.05) is 26.2 Å². The number of halogens is 1. The molecule has 0 aliphatic carbocycles. The Labute approximate surface area is 78.1 Å². The summed E-state index contributed by atoms with van der Waals surface area (Å²) in [6.45, 7) is 2.68. The maximum Gasteiger partial charge on any atom is 0.279 e. The van der Waals surface area contributed by atoms with E-state index < -0.39 is 10.2 Å². The molecule has 0 spiro atoms. The van der Waals surface area contributed by atoms with Crippen molar-refractivity contribution in [2.45, 2.75) is 6.04 Å². The summed E-state index contributed by atoms with van der Waals surface area (Å²) in [4.78, 5) is 0. The summed E-state index contributed by atoms with van der Waals surface area (Å²) in [6, 6.07) is 0.133. The van der Waals surface area contributed by atoms with Crippen LogP contribution in [0.2, 0.25) is 0 Å². The predicted octanol–water partition coefficient (Wildman–Crippen LogP) is -1.47. The number of nitrogens with zero attached hydrogens (tertiary/aromatic N) is 1. The van der Waals surface area contributed by atoms with Crippen LogP contribution >= 0.6 is 12.4 Å². The van der Waals surface area contributed by atoms with Gasteiger partial charge in [-0.2, -0.15) is 12.7 Å². The number of hydrogen-bond acceptors (Lipinski definition) is 3. The van der Waals surface area contributed by atoms with Gasteiger partial charge in [-0.15, -0.1) is 12.4 Å². The average molecular weight is 214 g/mol. The highest BCUT2D eigenvalue weighted by atomic mass is 35.5. The molecule has 2 aliphatic rings. The van der Waals surface area contributed by atoms with Crippen LogP contribution in [0.25, 0.3) is 0 Å². The monoisotopic (exact) mass is 213 g/mol. The molecule has 2 N–H and O–H groups in total. The average Bonchev–Trinajstić information content (AvgIpc) is 2.29. The van der Waals surface area contributed by atoms with Gasteiger partial charge in [0.05, 0.1) is 6.04 Å². The molecule has 0 bridgehead atoms. The molecule has 12 heavy (non-hydrogen) atoms.